The summed E-state index contributed by atoms with van der Waals surface area (Å²) in [4.78, 5) is 0. The lowest BCUT2D eigenvalue weighted by atomic mass is 10.2. The molecule has 0 radical (unpaired) electrons. The first-order valence-corrected chi connectivity index (χ1v) is 10.2. The van der Waals surface area contributed by atoms with Gasteiger partial charge < -0.3 is 24.8 Å². The van der Waals surface area contributed by atoms with Gasteiger partial charge in [-0.25, -0.2) is 4.68 Å². The molecule has 0 bridgehead atoms. The maximum absolute atomic E-state index is 6.29. The lowest BCUT2D eigenvalue weighted by Gasteiger charge is -2.20. The van der Waals surface area contributed by atoms with Crippen LogP contribution in [0.4, 0.5) is 0 Å². The van der Waals surface area contributed by atoms with Gasteiger partial charge in [0.05, 0.1) is 12.1 Å². The Balaban J connectivity index is 1.39. The number of fused-ring (bicyclic) bond motifs is 1. The third-order valence-corrected chi connectivity index (χ3v) is 5.46. The highest BCUT2D eigenvalue weighted by atomic mass is 35.5. The largest absolute Gasteiger partial charge is 0.497 e. The van der Waals surface area contributed by atoms with Gasteiger partial charge in [-0.3, -0.25) is 0 Å². The number of nitrogen functional groups attached to an aromatic ring is 1. The Labute approximate surface area is 176 Å². The number of rotatable bonds is 7. The molecule has 0 amide bonds. The summed E-state index contributed by atoms with van der Waals surface area (Å²) in [6.45, 7) is 1.19. The van der Waals surface area contributed by atoms with Gasteiger partial charge in [0.1, 0.15) is 31.3 Å². The smallest absolute Gasteiger partial charge is 0.210 e. The molecule has 0 atom stereocenters. The average Bonchev–Trinajstić information content (AvgIpc) is 3.10. The number of ether oxygens (including phenoxy) is 4. The van der Waals surface area contributed by atoms with E-state index in [4.69, 9.17) is 36.4 Å². The van der Waals surface area contributed by atoms with Crippen LogP contribution in [0.15, 0.2) is 41.6 Å². The highest BCUT2D eigenvalue weighted by molar-refractivity contribution is 7.98. The van der Waals surface area contributed by atoms with Gasteiger partial charge in [-0.1, -0.05) is 29.4 Å². The van der Waals surface area contributed by atoms with Crippen LogP contribution in [-0.4, -0.2) is 35.2 Å². The second-order valence-corrected chi connectivity index (χ2v) is 7.48. The Morgan fingerprint density at radius 3 is 2.86 bits per heavy atom. The highest BCUT2D eigenvalue weighted by Gasteiger charge is 2.18. The van der Waals surface area contributed by atoms with Crippen LogP contribution < -0.4 is 24.8 Å². The summed E-state index contributed by atoms with van der Waals surface area (Å²) in [5, 5.41) is 9.35. The first kappa shape index (κ1) is 19.5. The third kappa shape index (κ3) is 4.46. The van der Waals surface area contributed by atoms with E-state index in [0.29, 0.717) is 58.0 Å². The van der Waals surface area contributed by atoms with Gasteiger partial charge in [0.2, 0.25) is 5.16 Å². The fraction of sp³-hybridized carbons (Fsp3) is 0.263. The Morgan fingerprint density at radius 2 is 2.00 bits per heavy atom. The minimum atomic E-state index is 0.188. The molecule has 152 valence electrons. The van der Waals surface area contributed by atoms with E-state index in [1.54, 1.807) is 13.2 Å². The quantitative estimate of drug-likeness (QED) is 0.447. The Kier molecular flexibility index (Phi) is 5.86. The van der Waals surface area contributed by atoms with Crippen molar-refractivity contribution in [3.05, 3.63) is 52.8 Å². The predicted octanol–water partition coefficient (Wildman–Crippen LogP) is 3.30. The number of hydrogen-bond acceptors (Lipinski definition) is 8. The molecule has 2 N–H and O–H groups in total. The molecule has 0 saturated heterocycles. The molecule has 0 aliphatic carbocycles. The summed E-state index contributed by atoms with van der Waals surface area (Å²) < 4.78 is 23.5. The van der Waals surface area contributed by atoms with E-state index in [9.17, 15) is 0 Å². The van der Waals surface area contributed by atoms with Gasteiger partial charge in [0.15, 0.2) is 17.3 Å². The van der Waals surface area contributed by atoms with Crippen LogP contribution in [0.3, 0.4) is 0 Å². The lowest BCUT2D eigenvalue weighted by molar-refractivity contribution is 0.171. The van der Waals surface area contributed by atoms with Crippen molar-refractivity contribution in [1.82, 2.24) is 14.9 Å². The summed E-state index contributed by atoms with van der Waals surface area (Å²) in [5.41, 5.74) is 0.974. The topological polar surface area (TPSA) is 93.6 Å². The molecule has 0 saturated carbocycles. The zero-order valence-electron chi connectivity index (χ0n) is 15.6. The van der Waals surface area contributed by atoms with Crippen molar-refractivity contribution in [2.24, 2.45) is 0 Å². The molecule has 0 spiro atoms. The molecule has 1 aliphatic rings. The summed E-state index contributed by atoms with van der Waals surface area (Å²) >= 11 is 7.73. The number of benzene rings is 2. The second kappa shape index (κ2) is 8.71. The van der Waals surface area contributed by atoms with E-state index < -0.39 is 0 Å². The number of methoxy groups -OCH3 is 1. The van der Waals surface area contributed by atoms with Crippen LogP contribution in [0.1, 0.15) is 11.4 Å². The Morgan fingerprint density at radius 1 is 1.17 bits per heavy atom. The standard InChI is InChI=1S/C19H19ClN4O4S/c1-25-13-3-2-4-14(9-13)28-10-17-22-23-19(24(17)21)29-11-12-7-15(20)18-16(8-12)26-5-6-27-18/h2-4,7-9H,5-6,10-11,21H2,1H3. The maximum Gasteiger partial charge on any atom is 0.210 e. The summed E-state index contributed by atoms with van der Waals surface area (Å²) in [6, 6.07) is 11.1. The molecule has 1 aliphatic heterocycles. The second-order valence-electron chi connectivity index (χ2n) is 6.13. The number of halogens is 1. The van der Waals surface area contributed by atoms with E-state index in [-0.39, 0.29) is 6.61 Å². The van der Waals surface area contributed by atoms with Crippen LogP contribution in [0, 0.1) is 0 Å². The summed E-state index contributed by atoms with van der Waals surface area (Å²) in [5.74, 6) is 9.85. The van der Waals surface area contributed by atoms with Crippen molar-refractivity contribution in [2.75, 3.05) is 26.2 Å². The first-order valence-electron chi connectivity index (χ1n) is 8.81. The van der Waals surface area contributed by atoms with Gasteiger partial charge in [-0.15, -0.1) is 10.2 Å². The van der Waals surface area contributed by atoms with Crippen LogP contribution >= 0.6 is 23.4 Å². The van der Waals surface area contributed by atoms with Crippen LogP contribution in [0.5, 0.6) is 23.0 Å². The van der Waals surface area contributed by atoms with Crippen molar-refractivity contribution >= 4 is 23.4 Å². The van der Waals surface area contributed by atoms with Crippen molar-refractivity contribution in [2.45, 2.75) is 17.5 Å². The molecule has 2 aromatic carbocycles. The third-order valence-electron chi connectivity index (χ3n) is 4.17. The zero-order chi connectivity index (χ0) is 20.2. The van der Waals surface area contributed by atoms with Crippen molar-refractivity contribution in [1.29, 1.82) is 0 Å². The Bertz CT molecular complexity index is 1010. The fourth-order valence-corrected chi connectivity index (χ4v) is 3.83. The molecule has 1 aromatic heterocycles. The van der Waals surface area contributed by atoms with E-state index in [0.717, 1.165) is 5.56 Å². The molecular formula is C19H19ClN4O4S. The predicted molar refractivity (Wildman–Crippen MR) is 110 cm³/mol. The van der Waals surface area contributed by atoms with Gasteiger partial charge in [-0.2, -0.15) is 0 Å². The molecule has 10 heteroatoms. The molecule has 0 unspecified atom stereocenters. The van der Waals surface area contributed by atoms with E-state index in [1.165, 1.54) is 16.4 Å². The van der Waals surface area contributed by atoms with Crippen molar-refractivity contribution in [3.8, 4) is 23.0 Å². The fourth-order valence-electron chi connectivity index (χ4n) is 2.74. The molecule has 8 nitrogen and oxygen atoms in total. The maximum atomic E-state index is 6.29. The number of hydrogen-bond donors (Lipinski definition) is 1. The molecule has 0 fully saturated rings. The van der Waals surface area contributed by atoms with Gasteiger partial charge in [0.25, 0.3) is 0 Å². The molecular weight excluding hydrogens is 416 g/mol. The van der Waals surface area contributed by atoms with Crippen LogP contribution in [0.2, 0.25) is 5.02 Å². The van der Waals surface area contributed by atoms with Gasteiger partial charge in [0, 0.05) is 11.8 Å². The van der Waals surface area contributed by atoms with Crippen molar-refractivity contribution < 1.29 is 18.9 Å². The number of aromatic nitrogens is 3. The van der Waals surface area contributed by atoms with E-state index in [2.05, 4.69) is 10.2 Å². The monoisotopic (exact) mass is 434 g/mol. The minimum Gasteiger partial charge on any atom is -0.497 e. The summed E-state index contributed by atoms with van der Waals surface area (Å²) in [7, 11) is 1.61. The van der Waals surface area contributed by atoms with E-state index >= 15 is 0 Å². The molecule has 29 heavy (non-hydrogen) atoms. The van der Waals surface area contributed by atoms with E-state index in [1.807, 2.05) is 30.3 Å². The average molecular weight is 435 g/mol. The van der Waals surface area contributed by atoms with Crippen molar-refractivity contribution in [3.63, 3.8) is 0 Å². The summed E-state index contributed by atoms with van der Waals surface area (Å²) in [6.07, 6.45) is 0. The highest BCUT2D eigenvalue weighted by Crippen LogP contribution is 2.39. The van der Waals surface area contributed by atoms with Gasteiger partial charge in [-0.05, 0) is 29.8 Å². The lowest BCUT2D eigenvalue weighted by Crippen LogP contribution is -2.16. The SMILES string of the molecule is COc1cccc(OCc2nnc(SCc3cc(Cl)c4c(c3)OCCO4)n2N)c1. The molecule has 2 heterocycles. The number of thioether (sulfide) groups is 1. The normalized spacial score (nSPS) is 12.6. The van der Waals surface area contributed by atoms with Crippen LogP contribution in [0.25, 0.3) is 0 Å². The Hall–Kier alpha value is -2.78. The zero-order valence-corrected chi connectivity index (χ0v) is 17.2. The molecule has 3 aromatic rings. The number of nitrogens with two attached hydrogens (primary N) is 1. The molecule has 4 rings (SSSR count). The van der Waals surface area contributed by atoms with Crippen LogP contribution in [-0.2, 0) is 12.4 Å². The minimum absolute atomic E-state index is 0.188. The first-order chi connectivity index (χ1) is 14.1. The van der Waals surface area contributed by atoms with Gasteiger partial charge >= 0.3 is 0 Å². The number of nitrogens with zero attached hydrogens (tertiary/aromatic N) is 3.